The van der Waals surface area contributed by atoms with Gasteiger partial charge in [-0.1, -0.05) is 41.4 Å². The highest BCUT2D eigenvalue weighted by molar-refractivity contribution is 5.18. The minimum Gasteiger partial charge on any atom is -0.338 e. The summed E-state index contributed by atoms with van der Waals surface area (Å²) in [5, 5.41) is 7.03. The lowest BCUT2D eigenvalue weighted by Crippen LogP contribution is -2.23. The molecule has 1 aromatic carbocycles. The molecule has 92 valence electrons. The van der Waals surface area contributed by atoms with Crippen LogP contribution in [0.2, 0.25) is 0 Å². The van der Waals surface area contributed by atoms with E-state index in [2.05, 4.69) is 21.4 Å². The minimum absolute atomic E-state index is 0.00512. The summed E-state index contributed by atoms with van der Waals surface area (Å²) in [5.41, 5.74) is 1.16. The van der Waals surface area contributed by atoms with Crippen LogP contribution >= 0.6 is 0 Å². The smallest absolute Gasteiger partial charge is 0.240 e. The second-order valence-corrected chi connectivity index (χ2v) is 4.04. The van der Waals surface area contributed by atoms with Gasteiger partial charge in [0.25, 0.3) is 0 Å². The molecule has 0 spiro atoms. The van der Waals surface area contributed by atoms with Crippen molar-refractivity contribution < 1.29 is 4.52 Å². The molecule has 0 aliphatic heterocycles. The van der Waals surface area contributed by atoms with E-state index in [1.54, 1.807) is 0 Å². The first kappa shape index (κ1) is 12.3. The highest BCUT2D eigenvalue weighted by atomic mass is 16.5. The van der Waals surface area contributed by atoms with Crippen LogP contribution in [0.3, 0.4) is 0 Å². The van der Waals surface area contributed by atoms with Gasteiger partial charge in [0, 0.05) is 6.42 Å². The molecule has 18 heavy (non-hydrogen) atoms. The molecular weight excluding hydrogens is 226 g/mol. The number of hydrogen-bond donors (Lipinski definition) is 1. The van der Waals surface area contributed by atoms with Crippen molar-refractivity contribution in [2.45, 2.75) is 25.9 Å². The van der Waals surface area contributed by atoms with E-state index in [0.717, 1.165) is 5.56 Å². The lowest BCUT2D eigenvalue weighted by Gasteiger charge is -2.02. The van der Waals surface area contributed by atoms with Crippen LogP contribution in [-0.2, 0) is 13.0 Å². The van der Waals surface area contributed by atoms with E-state index in [1.807, 2.05) is 37.3 Å². The highest BCUT2D eigenvalue weighted by Gasteiger charge is 2.07. The van der Waals surface area contributed by atoms with Crippen molar-refractivity contribution in [2.75, 3.05) is 0 Å². The maximum absolute atomic E-state index is 5.26. The Morgan fingerprint density at radius 3 is 2.89 bits per heavy atom. The van der Waals surface area contributed by atoms with Gasteiger partial charge >= 0.3 is 0 Å². The molecule has 0 amide bonds. The molecule has 1 heterocycles. The Labute approximate surface area is 106 Å². The Morgan fingerprint density at radius 2 is 2.17 bits per heavy atom. The number of terminal acetylenes is 1. The molecule has 0 radical (unpaired) electrons. The molecule has 0 saturated heterocycles. The van der Waals surface area contributed by atoms with Crippen LogP contribution in [-0.4, -0.2) is 16.2 Å². The fourth-order valence-electron chi connectivity index (χ4n) is 1.51. The average molecular weight is 241 g/mol. The maximum atomic E-state index is 5.26. The van der Waals surface area contributed by atoms with Crippen LogP contribution in [0.15, 0.2) is 34.9 Å². The number of hydrogen-bond acceptors (Lipinski definition) is 4. The van der Waals surface area contributed by atoms with Crippen LogP contribution in [0.4, 0.5) is 0 Å². The Kier molecular flexibility index (Phi) is 4.11. The van der Waals surface area contributed by atoms with Crippen molar-refractivity contribution in [3.8, 4) is 12.3 Å². The van der Waals surface area contributed by atoms with E-state index < -0.39 is 0 Å². The lowest BCUT2D eigenvalue weighted by molar-refractivity contribution is 0.361. The fourth-order valence-corrected chi connectivity index (χ4v) is 1.51. The van der Waals surface area contributed by atoms with Crippen molar-refractivity contribution in [1.29, 1.82) is 0 Å². The summed E-state index contributed by atoms with van der Waals surface area (Å²) >= 11 is 0. The van der Waals surface area contributed by atoms with E-state index in [1.165, 1.54) is 0 Å². The van der Waals surface area contributed by atoms with Crippen molar-refractivity contribution in [2.24, 2.45) is 0 Å². The predicted molar refractivity (Wildman–Crippen MR) is 68.7 cm³/mol. The first-order chi connectivity index (χ1) is 8.78. The fraction of sp³-hybridized carbons (Fsp3) is 0.286. The van der Waals surface area contributed by atoms with Gasteiger partial charge in [0.2, 0.25) is 5.89 Å². The SMILES string of the molecule is C#CC(C)NCc1nc(Cc2ccccc2)no1. The number of rotatable bonds is 5. The van der Waals surface area contributed by atoms with E-state index in [4.69, 9.17) is 10.9 Å². The molecule has 0 aliphatic carbocycles. The van der Waals surface area contributed by atoms with Crippen molar-refractivity contribution >= 4 is 0 Å². The minimum atomic E-state index is -0.00512. The summed E-state index contributed by atoms with van der Waals surface area (Å²) in [7, 11) is 0. The zero-order valence-corrected chi connectivity index (χ0v) is 10.3. The first-order valence-electron chi connectivity index (χ1n) is 5.83. The van der Waals surface area contributed by atoms with E-state index in [-0.39, 0.29) is 6.04 Å². The second-order valence-electron chi connectivity index (χ2n) is 4.04. The second kappa shape index (κ2) is 5.99. The average Bonchev–Trinajstić information content (AvgIpc) is 2.85. The monoisotopic (exact) mass is 241 g/mol. The molecule has 1 atom stereocenters. The number of nitrogens with zero attached hydrogens (tertiary/aromatic N) is 2. The van der Waals surface area contributed by atoms with Gasteiger partial charge < -0.3 is 4.52 Å². The molecule has 4 nitrogen and oxygen atoms in total. The van der Waals surface area contributed by atoms with Gasteiger partial charge in [0.05, 0.1) is 12.6 Å². The third-order valence-corrected chi connectivity index (χ3v) is 2.52. The summed E-state index contributed by atoms with van der Waals surface area (Å²) in [6.07, 6.45) is 5.94. The summed E-state index contributed by atoms with van der Waals surface area (Å²) in [6.45, 7) is 2.40. The lowest BCUT2D eigenvalue weighted by atomic mass is 10.1. The van der Waals surface area contributed by atoms with Crippen LogP contribution in [0.1, 0.15) is 24.2 Å². The molecule has 1 unspecified atom stereocenters. The summed E-state index contributed by atoms with van der Waals surface area (Å²) < 4.78 is 5.14. The Bertz CT molecular complexity index is 527. The summed E-state index contributed by atoms with van der Waals surface area (Å²) in [5.74, 6) is 3.83. The van der Waals surface area contributed by atoms with Gasteiger partial charge in [-0.15, -0.1) is 6.42 Å². The molecule has 1 aromatic heterocycles. The molecule has 0 aliphatic rings. The summed E-state index contributed by atoms with van der Waals surface area (Å²) in [6, 6.07) is 10.0. The van der Waals surface area contributed by atoms with Gasteiger partial charge in [-0.25, -0.2) is 0 Å². The van der Waals surface area contributed by atoms with Gasteiger partial charge in [-0.3, -0.25) is 5.32 Å². The van der Waals surface area contributed by atoms with E-state index >= 15 is 0 Å². The maximum Gasteiger partial charge on any atom is 0.240 e. The third-order valence-electron chi connectivity index (χ3n) is 2.52. The Morgan fingerprint density at radius 1 is 1.39 bits per heavy atom. The number of aromatic nitrogens is 2. The molecule has 0 saturated carbocycles. The van der Waals surface area contributed by atoms with Gasteiger partial charge in [-0.05, 0) is 12.5 Å². The molecular formula is C14H15N3O. The largest absolute Gasteiger partial charge is 0.338 e. The molecule has 0 bridgehead atoms. The topological polar surface area (TPSA) is 51.0 Å². The Balaban J connectivity index is 1.93. The number of benzene rings is 1. The van der Waals surface area contributed by atoms with Gasteiger partial charge in [-0.2, -0.15) is 4.98 Å². The molecule has 2 rings (SSSR count). The van der Waals surface area contributed by atoms with Crippen LogP contribution in [0, 0.1) is 12.3 Å². The van der Waals surface area contributed by atoms with Crippen LogP contribution < -0.4 is 5.32 Å². The first-order valence-corrected chi connectivity index (χ1v) is 5.83. The molecule has 4 heteroatoms. The quantitative estimate of drug-likeness (QED) is 0.811. The summed E-state index contributed by atoms with van der Waals surface area (Å²) in [4.78, 5) is 4.30. The highest BCUT2D eigenvalue weighted by Crippen LogP contribution is 2.06. The van der Waals surface area contributed by atoms with Crippen molar-refractivity contribution in [1.82, 2.24) is 15.5 Å². The van der Waals surface area contributed by atoms with E-state index in [0.29, 0.717) is 24.7 Å². The van der Waals surface area contributed by atoms with Crippen LogP contribution in [0.25, 0.3) is 0 Å². The zero-order chi connectivity index (χ0) is 12.8. The van der Waals surface area contributed by atoms with Crippen LogP contribution in [0.5, 0.6) is 0 Å². The third kappa shape index (κ3) is 3.44. The molecule has 2 aromatic rings. The predicted octanol–water partition coefficient (Wildman–Crippen LogP) is 1.77. The van der Waals surface area contributed by atoms with Crippen molar-refractivity contribution in [3.63, 3.8) is 0 Å². The van der Waals surface area contributed by atoms with Gasteiger partial charge in [0.15, 0.2) is 5.82 Å². The Hall–Kier alpha value is -2.12. The van der Waals surface area contributed by atoms with Crippen molar-refractivity contribution in [3.05, 3.63) is 47.6 Å². The molecule has 0 fully saturated rings. The van der Waals surface area contributed by atoms with Gasteiger partial charge in [0.1, 0.15) is 0 Å². The zero-order valence-electron chi connectivity index (χ0n) is 10.3. The molecule has 1 N–H and O–H groups in total. The number of nitrogens with one attached hydrogen (secondary N) is 1. The standard InChI is InChI=1S/C14H15N3O/c1-3-11(2)15-10-14-16-13(17-18-14)9-12-7-5-4-6-8-12/h1,4-8,11,15H,9-10H2,2H3. The normalized spacial score (nSPS) is 12.0. The van der Waals surface area contributed by atoms with E-state index in [9.17, 15) is 0 Å².